The minimum atomic E-state index is -0.797. The van der Waals surface area contributed by atoms with Gasteiger partial charge in [-0.3, -0.25) is 28.8 Å². The third kappa shape index (κ3) is 17.7. The number of benzene rings is 6. The summed E-state index contributed by atoms with van der Waals surface area (Å²) in [5, 5.41) is 5.97. The van der Waals surface area contributed by atoms with Crippen molar-refractivity contribution in [3.8, 4) is 0 Å². The van der Waals surface area contributed by atoms with Crippen LogP contribution in [-0.2, 0) is 4.79 Å². The van der Waals surface area contributed by atoms with Gasteiger partial charge in [-0.2, -0.15) is 0 Å². The highest BCUT2D eigenvalue weighted by Gasteiger charge is 2.18. The van der Waals surface area contributed by atoms with E-state index in [1.54, 1.807) is 72.8 Å². The zero-order chi connectivity index (χ0) is 44.0. The van der Waals surface area contributed by atoms with Gasteiger partial charge in [-0.1, -0.05) is 80.2 Å². The Kier molecular flexibility index (Phi) is 20.1. The van der Waals surface area contributed by atoms with Crippen LogP contribution >= 0.6 is 34.8 Å². The Balaban J connectivity index is 0.000000375. The van der Waals surface area contributed by atoms with Crippen molar-refractivity contribution in [2.45, 2.75) is 21.3 Å². The minimum Gasteiger partial charge on any atom is -0.399 e. The van der Waals surface area contributed by atoms with Gasteiger partial charge in [0.15, 0.2) is 0 Å². The van der Waals surface area contributed by atoms with Gasteiger partial charge < -0.3 is 26.5 Å². The number of anilines is 4. The number of nitrogens with two attached hydrogens (primary N) is 1. The monoisotopic (exact) mass is 867 g/mol. The van der Waals surface area contributed by atoms with Crippen LogP contribution in [0, 0.1) is 0 Å². The molecule has 0 atom stereocenters. The third-order valence-corrected chi connectivity index (χ3v) is 7.88. The maximum Gasteiger partial charge on any atom is 0.255 e. The Morgan fingerprint density at radius 2 is 0.650 bits per heavy atom. The minimum absolute atomic E-state index is 0. The lowest BCUT2D eigenvalue weighted by molar-refractivity contribution is -0.115. The molecule has 3 amide bonds. The molecule has 0 aliphatic rings. The van der Waals surface area contributed by atoms with E-state index >= 15 is 0 Å². The molecule has 6 rings (SSSR count). The first-order chi connectivity index (χ1) is 28.7. The predicted molar refractivity (Wildman–Crippen MR) is 241 cm³/mol. The lowest BCUT2D eigenvalue weighted by atomic mass is 10.0. The van der Waals surface area contributed by atoms with Crippen molar-refractivity contribution in [3.05, 3.63) is 191 Å². The average molecular weight is 869 g/mol. The Hall–Kier alpha value is -6.92. The van der Waals surface area contributed by atoms with Crippen molar-refractivity contribution in [2.75, 3.05) is 21.7 Å². The summed E-state index contributed by atoms with van der Waals surface area (Å²) < 4.78 is 6.31. The topological polar surface area (TPSA) is 182 Å². The van der Waals surface area contributed by atoms with Crippen molar-refractivity contribution in [1.29, 1.82) is 0 Å². The van der Waals surface area contributed by atoms with E-state index in [0.29, 0.717) is 17.1 Å². The van der Waals surface area contributed by atoms with E-state index in [-0.39, 0.29) is 53.5 Å². The highest BCUT2D eigenvalue weighted by molar-refractivity contribution is 6.70. The number of nitrogen functional groups attached to an aromatic ring is 1. The van der Waals surface area contributed by atoms with E-state index in [4.69, 9.17) is 41.9 Å². The van der Waals surface area contributed by atoms with Gasteiger partial charge in [0.1, 0.15) is 5.78 Å². The van der Waals surface area contributed by atoms with Crippen LogP contribution in [0.5, 0.6) is 0 Å². The molecular formula is C46H41Cl3N4O7. The molecule has 0 spiro atoms. The standard InChI is InChI=1S/C27H21N3O3.C9H3Cl3O3.C6H7N.C3H6O.CH4/c31-25(28-22-10-4-1-5-11-22)19-16-20(26(32)29-23-12-6-2-7-13-23)18-21(17-19)27(33)30-24-14-8-3-9-15-24;10-7(13)4-1-5(8(11)14)3-6(2-4)9(12)15;7-6-4-2-1-3-5-6;1-3(2)4;/h1-18H,(H,28,31)(H,29,32)(H,30,33);1-3H;1-5H,7H2;1-2H3;1H4/i;;;1D;. The number of para-hydroxylation sites is 4. The molecule has 60 heavy (non-hydrogen) atoms. The van der Waals surface area contributed by atoms with Crippen molar-refractivity contribution in [2.24, 2.45) is 0 Å². The molecule has 14 heteroatoms. The molecule has 308 valence electrons. The molecule has 0 saturated carbocycles. The van der Waals surface area contributed by atoms with E-state index in [1.165, 1.54) is 43.3 Å². The van der Waals surface area contributed by atoms with Crippen molar-refractivity contribution in [1.82, 2.24) is 0 Å². The van der Waals surface area contributed by atoms with Gasteiger partial charge in [0.05, 0.1) is 0 Å². The summed E-state index contributed by atoms with van der Waals surface area (Å²) in [6.45, 7) is 1.31. The summed E-state index contributed by atoms with van der Waals surface area (Å²) in [5.74, 6) is -1.36. The van der Waals surface area contributed by atoms with Crippen LogP contribution in [0.1, 0.15) is 84.8 Å². The molecule has 0 saturated heterocycles. The van der Waals surface area contributed by atoms with E-state index < -0.39 is 33.4 Å². The van der Waals surface area contributed by atoms with E-state index in [0.717, 1.165) is 5.69 Å². The molecule has 6 aromatic rings. The Morgan fingerprint density at radius 1 is 0.433 bits per heavy atom. The van der Waals surface area contributed by atoms with Gasteiger partial charge in [0.25, 0.3) is 33.4 Å². The van der Waals surface area contributed by atoms with Crippen LogP contribution in [0.4, 0.5) is 22.7 Å². The van der Waals surface area contributed by atoms with E-state index in [9.17, 15) is 33.6 Å². The smallest absolute Gasteiger partial charge is 0.255 e. The van der Waals surface area contributed by atoms with Gasteiger partial charge in [-0.15, -0.1) is 0 Å². The molecule has 0 aliphatic heterocycles. The summed E-state index contributed by atoms with van der Waals surface area (Å²) in [6.07, 6.45) is 0. The molecule has 6 aromatic carbocycles. The summed E-state index contributed by atoms with van der Waals surface area (Å²) in [6, 6.07) is 44.4. The van der Waals surface area contributed by atoms with Crippen LogP contribution in [0.3, 0.4) is 0 Å². The van der Waals surface area contributed by atoms with Gasteiger partial charge in [-0.05, 0) is 134 Å². The number of carbonyl (C=O) groups is 7. The zero-order valence-corrected chi connectivity index (χ0v) is 33.6. The number of ketones is 1. The number of rotatable bonds is 9. The van der Waals surface area contributed by atoms with Crippen molar-refractivity contribution >= 4 is 96.8 Å². The summed E-state index contributed by atoms with van der Waals surface area (Å²) >= 11 is 15.6. The molecule has 0 heterocycles. The van der Waals surface area contributed by atoms with Gasteiger partial charge in [0.2, 0.25) is 0 Å². The van der Waals surface area contributed by atoms with E-state index in [2.05, 4.69) is 16.0 Å². The number of hydrogen-bond acceptors (Lipinski definition) is 8. The third-order valence-electron chi connectivity index (χ3n) is 7.23. The van der Waals surface area contributed by atoms with Gasteiger partial charge in [-0.25, -0.2) is 0 Å². The molecular weight excluding hydrogens is 827 g/mol. The van der Waals surface area contributed by atoms with Crippen molar-refractivity contribution < 1.29 is 34.9 Å². The second-order valence-electron chi connectivity index (χ2n) is 12.0. The van der Waals surface area contributed by atoms with Gasteiger partial charge >= 0.3 is 0 Å². The van der Waals surface area contributed by atoms with Gasteiger partial charge in [0, 0.05) is 57.5 Å². The first kappa shape index (κ1) is 47.5. The quantitative estimate of drug-likeness (QED) is 0.0818. The number of halogens is 3. The Bertz CT molecular complexity index is 2170. The normalized spacial score (nSPS) is 9.70. The molecule has 11 nitrogen and oxygen atoms in total. The zero-order valence-electron chi connectivity index (χ0n) is 32.3. The highest BCUT2D eigenvalue weighted by atomic mass is 35.5. The number of amides is 3. The number of hydrogen-bond donors (Lipinski definition) is 4. The van der Waals surface area contributed by atoms with Crippen LogP contribution in [0.2, 0.25) is 0 Å². The van der Waals surface area contributed by atoms with Crippen LogP contribution in [0.25, 0.3) is 0 Å². The van der Waals surface area contributed by atoms with Crippen LogP contribution < -0.4 is 21.7 Å². The summed E-state index contributed by atoms with van der Waals surface area (Å²) in [7, 11) is 0. The molecule has 0 bridgehead atoms. The number of Topliss-reactive ketones (excluding diaryl/α,β-unsaturated/α-hetero) is 1. The fourth-order valence-electron chi connectivity index (χ4n) is 4.62. The fourth-order valence-corrected chi connectivity index (χ4v) is 4.94. The number of nitrogens with one attached hydrogen (secondary N) is 3. The average Bonchev–Trinajstić information content (AvgIpc) is 3.25. The molecule has 0 aliphatic carbocycles. The van der Waals surface area contributed by atoms with Crippen LogP contribution in [0.15, 0.2) is 158 Å². The SMILES string of the molecule is C.Nc1ccccc1.O=C(Cl)c1cc(C(=O)Cl)cc(C(=O)Cl)c1.O=C(Nc1ccccc1)c1cc(C(=O)Nc2ccccc2)cc(C(=O)Nc2ccccc2)c1.[2H]CC(C)=O. The maximum atomic E-state index is 12.9. The fraction of sp³-hybridized carbons (Fsp3) is 0.0652. The first-order valence-corrected chi connectivity index (χ1v) is 18.4. The molecule has 0 fully saturated rings. The Morgan fingerprint density at radius 3 is 0.833 bits per heavy atom. The second-order valence-corrected chi connectivity index (χ2v) is 13.0. The number of carbonyl (C=O) groups excluding carboxylic acids is 7. The predicted octanol–water partition coefficient (Wildman–Crippen LogP) is 10.8. The largest absolute Gasteiger partial charge is 0.399 e. The lowest BCUT2D eigenvalue weighted by Crippen LogP contribution is -2.19. The lowest BCUT2D eigenvalue weighted by Gasteiger charge is -2.12. The second kappa shape index (κ2) is 25.4. The maximum absolute atomic E-state index is 12.9. The van der Waals surface area contributed by atoms with Crippen molar-refractivity contribution in [3.63, 3.8) is 0 Å². The molecule has 0 unspecified atom stereocenters. The first-order valence-electron chi connectivity index (χ1n) is 18.0. The summed E-state index contributed by atoms with van der Waals surface area (Å²) in [5.41, 5.74) is 8.56. The van der Waals surface area contributed by atoms with Crippen LogP contribution in [-0.4, -0.2) is 39.2 Å². The molecule has 0 aromatic heterocycles. The molecule has 0 radical (unpaired) electrons. The Labute approximate surface area is 364 Å². The highest BCUT2D eigenvalue weighted by Crippen LogP contribution is 2.19. The molecule has 5 N–H and O–H groups in total. The summed E-state index contributed by atoms with van der Waals surface area (Å²) in [4.78, 5) is 80.9. The van der Waals surface area contributed by atoms with E-state index in [1.807, 2.05) is 48.5 Å².